The Morgan fingerprint density at radius 3 is 2.74 bits per heavy atom. The molecule has 0 amide bonds. The smallest absolute Gasteiger partial charge is 0.214 e. The predicted octanol–water partition coefficient (Wildman–Crippen LogP) is 3.55. The minimum absolute atomic E-state index is 0.466. The molecule has 3 rings (SSSR count). The molecule has 3 aromatic rings. The van der Waals surface area contributed by atoms with E-state index in [1.807, 2.05) is 19.1 Å². The van der Waals surface area contributed by atoms with Crippen LogP contribution in [0.2, 0.25) is 5.02 Å². The lowest BCUT2D eigenvalue weighted by Crippen LogP contribution is -1.91. The Hall–Kier alpha value is -1.90. The first-order valence-corrected chi connectivity index (χ1v) is 6.97. The van der Waals surface area contributed by atoms with Gasteiger partial charge in [-0.3, -0.25) is 0 Å². The van der Waals surface area contributed by atoms with Crippen molar-refractivity contribution in [3.8, 4) is 17.3 Å². The molecule has 0 spiro atoms. The van der Waals surface area contributed by atoms with Crippen LogP contribution in [0.3, 0.4) is 0 Å². The van der Waals surface area contributed by atoms with Crippen molar-refractivity contribution in [3.05, 3.63) is 40.0 Å². The van der Waals surface area contributed by atoms with E-state index >= 15 is 0 Å². The van der Waals surface area contributed by atoms with Crippen molar-refractivity contribution in [2.45, 2.75) is 13.3 Å². The molecule has 0 bridgehead atoms. The number of imidazole rings is 1. The monoisotopic (exact) mass is 288 g/mol. The fraction of sp³-hybridized carbons (Fsp3) is 0.154. The standard InChI is InChI=1S/C13H9ClN4S/c1-2-11-17-18-10(7-15)12(16-13(18)19-11)8-3-5-9(14)6-4-8/h3-6H,2H2,1H3. The Kier molecular flexibility index (Phi) is 2.97. The number of benzene rings is 1. The quantitative estimate of drug-likeness (QED) is 0.724. The molecule has 0 aliphatic heterocycles. The molecule has 0 radical (unpaired) electrons. The van der Waals surface area contributed by atoms with Gasteiger partial charge in [0.05, 0.1) is 0 Å². The molecule has 2 heterocycles. The molecule has 0 aliphatic rings. The Bertz CT molecular complexity index is 779. The first-order chi connectivity index (χ1) is 9.22. The highest BCUT2D eigenvalue weighted by atomic mass is 35.5. The summed E-state index contributed by atoms with van der Waals surface area (Å²) in [5, 5.41) is 15.4. The van der Waals surface area contributed by atoms with Gasteiger partial charge in [0.2, 0.25) is 4.96 Å². The van der Waals surface area contributed by atoms with E-state index in [9.17, 15) is 5.26 Å². The molecule has 0 saturated heterocycles. The van der Waals surface area contributed by atoms with Crippen LogP contribution in [-0.4, -0.2) is 14.6 Å². The second-order valence-corrected chi connectivity index (χ2v) is 5.45. The number of halogens is 1. The summed E-state index contributed by atoms with van der Waals surface area (Å²) in [6, 6.07) is 9.47. The van der Waals surface area contributed by atoms with Gasteiger partial charge in [0.25, 0.3) is 0 Å². The zero-order valence-corrected chi connectivity index (χ0v) is 11.7. The third-order valence-corrected chi connectivity index (χ3v) is 4.08. The van der Waals surface area contributed by atoms with E-state index in [0.29, 0.717) is 16.4 Å². The fourth-order valence-corrected chi connectivity index (χ4v) is 2.80. The van der Waals surface area contributed by atoms with Gasteiger partial charge >= 0.3 is 0 Å². The molecule has 0 N–H and O–H groups in total. The number of nitriles is 1. The second-order valence-electron chi connectivity index (χ2n) is 3.97. The molecule has 0 atom stereocenters. The number of hydrogen-bond donors (Lipinski definition) is 0. The molecule has 0 saturated carbocycles. The van der Waals surface area contributed by atoms with Crippen molar-refractivity contribution < 1.29 is 0 Å². The van der Waals surface area contributed by atoms with Gasteiger partial charge in [-0.2, -0.15) is 14.9 Å². The van der Waals surface area contributed by atoms with E-state index < -0.39 is 0 Å². The van der Waals surface area contributed by atoms with E-state index in [0.717, 1.165) is 22.0 Å². The summed E-state index contributed by atoms with van der Waals surface area (Å²) in [6.45, 7) is 2.03. The van der Waals surface area contributed by atoms with Gasteiger partial charge in [0, 0.05) is 10.6 Å². The third-order valence-electron chi connectivity index (χ3n) is 2.77. The highest BCUT2D eigenvalue weighted by Crippen LogP contribution is 2.27. The Balaban J connectivity index is 2.21. The molecule has 19 heavy (non-hydrogen) atoms. The van der Waals surface area contributed by atoms with Gasteiger partial charge in [-0.25, -0.2) is 4.98 Å². The summed E-state index contributed by atoms with van der Waals surface area (Å²) in [4.78, 5) is 5.25. The number of aryl methyl sites for hydroxylation is 1. The zero-order valence-electron chi connectivity index (χ0n) is 10.1. The first kappa shape index (κ1) is 12.2. The van der Waals surface area contributed by atoms with E-state index in [1.54, 1.807) is 16.6 Å². The van der Waals surface area contributed by atoms with Gasteiger partial charge in [0.1, 0.15) is 16.8 Å². The van der Waals surface area contributed by atoms with Gasteiger partial charge in [0.15, 0.2) is 5.69 Å². The Labute approximate surface area is 118 Å². The average Bonchev–Trinajstić information content (AvgIpc) is 2.96. The van der Waals surface area contributed by atoms with Gasteiger partial charge in [-0.1, -0.05) is 42.0 Å². The van der Waals surface area contributed by atoms with Crippen molar-refractivity contribution in [1.29, 1.82) is 5.26 Å². The molecule has 0 aliphatic carbocycles. The van der Waals surface area contributed by atoms with Crippen molar-refractivity contribution in [2.24, 2.45) is 0 Å². The molecule has 1 aromatic carbocycles. The van der Waals surface area contributed by atoms with Crippen molar-refractivity contribution in [1.82, 2.24) is 14.6 Å². The van der Waals surface area contributed by atoms with E-state index in [4.69, 9.17) is 11.6 Å². The topological polar surface area (TPSA) is 54.0 Å². The summed E-state index contributed by atoms with van der Waals surface area (Å²) in [7, 11) is 0. The van der Waals surface area contributed by atoms with Gasteiger partial charge < -0.3 is 0 Å². The zero-order chi connectivity index (χ0) is 13.4. The van der Waals surface area contributed by atoms with Crippen LogP contribution in [0.1, 0.15) is 17.6 Å². The predicted molar refractivity (Wildman–Crippen MR) is 75.4 cm³/mol. The van der Waals surface area contributed by atoms with Crippen LogP contribution < -0.4 is 0 Å². The van der Waals surface area contributed by atoms with Crippen molar-refractivity contribution in [3.63, 3.8) is 0 Å². The summed E-state index contributed by atoms with van der Waals surface area (Å²) >= 11 is 7.38. The highest BCUT2D eigenvalue weighted by Gasteiger charge is 2.17. The first-order valence-electron chi connectivity index (χ1n) is 5.77. The molecule has 2 aromatic heterocycles. The van der Waals surface area contributed by atoms with Crippen molar-refractivity contribution >= 4 is 27.9 Å². The van der Waals surface area contributed by atoms with Crippen molar-refractivity contribution in [2.75, 3.05) is 0 Å². The van der Waals surface area contributed by atoms with Gasteiger partial charge in [-0.05, 0) is 18.6 Å². The van der Waals surface area contributed by atoms with Gasteiger partial charge in [-0.15, -0.1) is 0 Å². The SMILES string of the molecule is CCc1nn2c(C#N)c(-c3ccc(Cl)cc3)nc2s1. The summed E-state index contributed by atoms with van der Waals surface area (Å²) in [5.41, 5.74) is 1.99. The third kappa shape index (κ3) is 1.99. The minimum atomic E-state index is 0.466. The molecule has 0 fully saturated rings. The maximum Gasteiger partial charge on any atom is 0.214 e. The minimum Gasteiger partial charge on any atom is -0.216 e. The lowest BCUT2D eigenvalue weighted by atomic mass is 10.1. The summed E-state index contributed by atoms with van der Waals surface area (Å²) in [5.74, 6) is 0. The highest BCUT2D eigenvalue weighted by molar-refractivity contribution is 7.16. The fourth-order valence-electron chi connectivity index (χ4n) is 1.84. The maximum atomic E-state index is 9.33. The summed E-state index contributed by atoms with van der Waals surface area (Å²) < 4.78 is 1.62. The van der Waals surface area contributed by atoms with Crippen LogP contribution >= 0.6 is 22.9 Å². The number of nitrogens with zero attached hydrogens (tertiary/aromatic N) is 4. The Morgan fingerprint density at radius 2 is 2.11 bits per heavy atom. The number of hydrogen-bond acceptors (Lipinski definition) is 4. The summed E-state index contributed by atoms with van der Waals surface area (Å²) in [6.07, 6.45) is 0.842. The van der Waals surface area contributed by atoms with Crippen LogP contribution in [0, 0.1) is 11.3 Å². The largest absolute Gasteiger partial charge is 0.216 e. The maximum absolute atomic E-state index is 9.33. The van der Waals surface area contributed by atoms with Crippen LogP contribution in [0.25, 0.3) is 16.2 Å². The van der Waals surface area contributed by atoms with Crippen LogP contribution in [0.5, 0.6) is 0 Å². The number of fused-ring (bicyclic) bond motifs is 1. The second kappa shape index (κ2) is 4.65. The number of rotatable bonds is 2. The van der Waals surface area contributed by atoms with Crippen LogP contribution in [0.15, 0.2) is 24.3 Å². The molecular formula is C13H9ClN4S. The molecule has 0 unspecified atom stereocenters. The van der Waals surface area contributed by atoms with E-state index in [2.05, 4.69) is 16.2 Å². The number of aromatic nitrogens is 3. The normalized spacial score (nSPS) is 10.8. The lowest BCUT2D eigenvalue weighted by Gasteiger charge is -1.97. The molecule has 94 valence electrons. The molecular weight excluding hydrogens is 280 g/mol. The lowest BCUT2D eigenvalue weighted by molar-refractivity contribution is 0.899. The molecule has 4 nitrogen and oxygen atoms in total. The Morgan fingerprint density at radius 1 is 1.37 bits per heavy atom. The van der Waals surface area contributed by atoms with Crippen LogP contribution in [0.4, 0.5) is 0 Å². The van der Waals surface area contributed by atoms with Crippen LogP contribution in [-0.2, 0) is 6.42 Å². The molecule has 6 heteroatoms. The van der Waals surface area contributed by atoms with E-state index in [-0.39, 0.29) is 0 Å². The average molecular weight is 289 g/mol. The van der Waals surface area contributed by atoms with E-state index in [1.165, 1.54) is 11.3 Å².